The minimum Gasteiger partial charge on any atom is -0.454 e. The summed E-state index contributed by atoms with van der Waals surface area (Å²) in [6, 6.07) is 7.99. The highest BCUT2D eigenvalue weighted by Crippen LogP contribution is 2.37. The first-order valence-corrected chi connectivity index (χ1v) is 8.44. The number of nitrogens with one attached hydrogen (secondary N) is 1. The Morgan fingerprint density at radius 2 is 2.17 bits per heavy atom. The van der Waals surface area contributed by atoms with Crippen molar-refractivity contribution in [2.45, 2.75) is 26.2 Å². The molecule has 1 amide bonds. The molecule has 0 aliphatic carbocycles. The molecule has 1 N–H and O–H groups in total. The second-order valence-electron chi connectivity index (χ2n) is 7.10. The van der Waals surface area contributed by atoms with Crippen molar-refractivity contribution in [2.75, 3.05) is 19.9 Å². The van der Waals surface area contributed by atoms with E-state index in [2.05, 4.69) is 24.0 Å². The van der Waals surface area contributed by atoms with Gasteiger partial charge in [-0.2, -0.15) is 0 Å². The van der Waals surface area contributed by atoms with Gasteiger partial charge in [0.05, 0.1) is 5.56 Å². The molecule has 0 radical (unpaired) electrons. The number of aromatic amines is 1. The maximum atomic E-state index is 12.6. The summed E-state index contributed by atoms with van der Waals surface area (Å²) in [6.07, 6.45) is 6.66. The molecule has 0 spiro atoms. The predicted octanol–water partition coefficient (Wildman–Crippen LogP) is 3.23. The number of hydrogen-bond donors (Lipinski definition) is 1. The average molecular weight is 326 g/mol. The summed E-state index contributed by atoms with van der Waals surface area (Å²) in [5, 5.41) is 0. The highest BCUT2D eigenvalue weighted by Gasteiger charge is 2.34. The summed E-state index contributed by atoms with van der Waals surface area (Å²) in [6.45, 7) is 4.19. The molecule has 0 unspecified atom stereocenters. The number of aromatic nitrogens is 1. The Hall–Kier alpha value is -2.43. The lowest BCUT2D eigenvalue weighted by atomic mass is 9.77. The summed E-state index contributed by atoms with van der Waals surface area (Å²) in [7, 11) is 0. The highest BCUT2D eigenvalue weighted by molar-refractivity contribution is 5.94. The quantitative estimate of drug-likeness (QED) is 0.942. The van der Waals surface area contributed by atoms with Gasteiger partial charge in [0.25, 0.3) is 5.91 Å². The van der Waals surface area contributed by atoms with E-state index in [4.69, 9.17) is 9.47 Å². The normalized spacial score (nSPS) is 22.6. The second kappa shape index (κ2) is 5.89. The van der Waals surface area contributed by atoms with Gasteiger partial charge in [0, 0.05) is 25.5 Å². The van der Waals surface area contributed by atoms with Crippen LogP contribution in [0.3, 0.4) is 0 Å². The Morgan fingerprint density at radius 3 is 3.00 bits per heavy atom. The fourth-order valence-electron chi connectivity index (χ4n) is 3.82. The van der Waals surface area contributed by atoms with E-state index in [9.17, 15) is 4.79 Å². The first-order valence-electron chi connectivity index (χ1n) is 8.44. The lowest BCUT2D eigenvalue weighted by Crippen LogP contribution is -2.45. The number of carbonyl (C=O) groups is 1. The molecule has 2 aliphatic heterocycles. The first kappa shape index (κ1) is 15.1. The minimum absolute atomic E-state index is 0.0813. The molecule has 5 nitrogen and oxygen atoms in total. The van der Waals surface area contributed by atoms with Crippen LogP contribution in [0.4, 0.5) is 0 Å². The number of rotatable bonds is 3. The van der Waals surface area contributed by atoms with Crippen molar-refractivity contribution in [3.63, 3.8) is 0 Å². The van der Waals surface area contributed by atoms with Crippen molar-refractivity contribution in [3.8, 4) is 11.5 Å². The summed E-state index contributed by atoms with van der Waals surface area (Å²) < 4.78 is 10.9. The maximum absolute atomic E-state index is 12.6. The molecule has 126 valence electrons. The molecule has 1 saturated heterocycles. The molecule has 4 rings (SSSR count). The molecule has 5 heteroatoms. The zero-order valence-electron chi connectivity index (χ0n) is 13.9. The third kappa shape index (κ3) is 2.86. The Morgan fingerprint density at radius 1 is 1.29 bits per heavy atom. The molecular formula is C19H22N2O3. The Bertz CT molecular complexity index is 741. The molecular weight excluding hydrogens is 304 g/mol. The van der Waals surface area contributed by atoms with Gasteiger partial charge in [0.2, 0.25) is 6.79 Å². The number of hydrogen-bond acceptors (Lipinski definition) is 3. The van der Waals surface area contributed by atoms with Crippen LogP contribution in [0, 0.1) is 5.41 Å². The number of H-pyrrole nitrogens is 1. The van der Waals surface area contributed by atoms with Crippen LogP contribution in [0.5, 0.6) is 11.5 Å². The zero-order valence-corrected chi connectivity index (χ0v) is 13.9. The predicted molar refractivity (Wildman–Crippen MR) is 90.3 cm³/mol. The van der Waals surface area contributed by atoms with Crippen LogP contribution in [0.15, 0.2) is 36.7 Å². The van der Waals surface area contributed by atoms with Crippen molar-refractivity contribution in [1.29, 1.82) is 0 Å². The van der Waals surface area contributed by atoms with Crippen molar-refractivity contribution >= 4 is 5.91 Å². The minimum atomic E-state index is 0.0813. The largest absolute Gasteiger partial charge is 0.454 e. The topological polar surface area (TPSA) is 54.6 Å². The summed E-state index contributed by atoms with van der Waals surface area (Å²) in [5.74, 6) is 1.76. The molecule has 0 bridgehead atoms. The first-order chi connectivity index (χ1) is 11.6. The van der Waals surface area contributed by atoms with Crippen molar-refractivity contribution in [2.24, 2.45) is 5.41 Å². The standard InChI is InChI=1S/C19H22N2O3/c1-19(10-14-3-4-16-17(9-14)24-13-23-16)6-2-8-21(12-19)18(22)15-5-7-20-11-15/h3-5,7,9,11,20H,2,6,8,10,12-13H2,1H3/t19-/m1/s1. The smallest absolute Gasteiger partial charge is 0.255 e. The summed E-state index contributed by atoms with van der Waals surface area (Å²) in [4.78, 5) is 17.6. The van der Waals surface area contributed by atoms with E-state index < -0.39 is 0 Å². The van der Waals surface area contributed by atoms with E-state index in [1.807, 2.05) is 17.0 Å². The second-order valence-corrected chi connectivity index (χ2v) is 7.10. The number of nitrogens with zero attached hydrogens (tertiary/aromatic N) is 1. The van der Waals surface area contributed by atoms with Crippen LogP contribution < -0.4 is 9.47 Å². The summed E-state index contributed by atoms with van der Waals surface area (Å²) in [5.41, 5.74) is 2.05. The number of ether oxygens (including phenoxy) is 2. The molecule has 1 atom stereocenters. The molecule has 1 fully saturated rings. The van der Waals surface area contributed by atoms with E-state index in [1.54, 1.807) is 12.4 Å². The molecule has 3 heterocycles. The Balaban J connectivity index is 1.49. The van der Waals surface area contributed by atoms with Crippen molar-refractivity contribution < 1.29 is 14.3 Å². The van der Waals surface area contributed by atoms with Crippen LogP contribution in [-0.2, 0) is 6.42 Å². The van der Waals surface area contributed by atoms with Crippen molar-refractivity contribution in [1.82, 2.24) is 9.88 Å². The Kier molecular flexibility index (Phi) is 3.71. The zero-order chi connectivity index (χ0) is 16.6. The lowest BCUT2D eigenvalue weighted by molar-refractivity contribution is 0.0551. The highest BCUT2D eigenvalue weighted by atomic mass is 16.7. The van der Waals surface area contributed by atoms with Gasteiger partial charge in [-0.25, -0.2) is 0 Å². The van der Waals surface area contributed by atoms with Crippen molar-refractivity contribution in [3.05, 3.63) is 47.8 Å². The fourth-order valence-corrected chi connectivity index (χ4v) is 3.82. The molecule has 24 heavy (non-hydrogen) atoms. The summed E-state index contributed by atoms with van der Waals surface area (Å²) >= 11 is 0. The molecule has 0 saturated carbocycles. The van der Waals surface area contributed by atoms with Gasteiger partial charge < -0.3 is 19.4 Å². The van der Waals surface area contributed by atoms with E-state index in [1.165, 1.54) is 5.56 Å². The Labute approximate surface area is 141 Å². The monoisotopic (exact) mass is 326 g/mol. The number of carbonyl (C=O) groups excluding carboxylic acids is 1. The van der Waals surface area contributed by atoms with Gasteiger partial charge in [0.15, 0.2) is 11.5 Å². The molecule has 2 aliphatic rings. The van der Waals surface area contributed by atoms with Gasteiger partial charge in [-0.1, -0.05) is 13.0 Å². The third-order valence-electron chi connectivity index (χ3n) is 4.98. The van der Waals surface area contributed by atoms with Crippen LogP contribution in [0.1, 0.15) is 35.7 Å². The van der Waals surface area contributed by atoms with E-state index in [0.717, 1.165) is 49.4 Å². The number of fused-ring (bicyclic) bond motifs is 1. The van der Waals surface area contributed by atoms with E-state index >= 15 is 0 Å². The van der Waals surface area contributed by atoms with Gasteiger partial charge in [-0.05, 0) is 48.4 Å². The molecule has 1 aromatic heterocycles. The van der Waals surface area contributed by atoms with E-state index in [0.29, 0.717) is 6.79 Å². The van der Waals surface area contributed by atoms with Gasteiger partial charge in [-0.15, -0.1) is 0 Å². The van der Waals surface area contributed by atoms with Gasteiger partial charge in [0.1, 0.15) is 0 Å². The lowest BCUT2D eigenvalue weighted by Gasteiger charge is -2.40. The fraction of sp³-hybridized carbons (Fsp3) is 0.421. The molecule has 2 aromatic rings. The number of amides is 1. The van der Waals surface area contributed by atoms with Crippen LogP contribution in [0.2, 0.25) is 0 Å². The molecule has 1 aromatic carbocycles. The SMILES string of the molecule is C[C@]1(Cc2ccc3c(c2)OCO3)CCCN(C(=O)c2cc[nH]c2)C1. The third-order valence-corrected chi connectivity index (χ3v) is 4.98. The number of benzene rings is 1. The number of piperidine rings is 1. The van der Waals surface area contributed by atoms with Crippen LogP contribution in [0.25, 0.3) is 0 Å². The maximum Gasteiger partial charge on any atom is 0.255 e. The van der Waals surface area contributed by atoms with E-state index in [-0.39, 0.29) is 11.3 Å². The number of likely N-dealkylation sites (tertiary alicyclic amines) is 1. The van der Waals surface area contributed by atoms with Crippen LogP contribution in [-0.4, -0.2) is 35.7 Å². The van der Waals surface area contributed by atoms with Crippen LogP contribution >= 0.6 is 0 Å². The average Bonchev–Trinajstić information content (AvgIpc) is 3.25. The van der Waals surface area contributed by atoms with Gasteiger partial charge in [-0.3, -0.25) is 4.79 Å². The van der Waals surface area contributed by atoms with Gasteiger partial charge >= 0.3 is 0 Å².